The number of nitrogens with one attached hydrogen (secondary N) is 1. The summed E-state index contributed by atoms with van der Waals surface area (Å²) in [4.78, 5) is 0. The van der Waals surface area contributed by atoms with E-state index in [4.69, 9.17) is 0 Å². The van der Waals surface area contributed by atoms with E-state index in [2.05, 4.69) is 26.1 Å². The molecular weight excluding hydrogens is 249 g/mol. The van der Waals surface area contributed by atoms with Crippen molar-refractivity contribution in [2.45, 2.75) is 58.9 Å². The van der Waals surface area contributed by atoms with Crippen molar-refractivity contribution in [3.05, 3.63) is 35.6 Å². The third-order valence-electron chi connectivity index (χ3n) is 4.88. The zero-order valence-electron chi connectivity index (χ0n) is 13.1. The standard InChI is InChI=1S/C18H28FN/c1-4-12-20-17(15-9-7-11-18(15,2)3)13-14-8-5-6-10-16(14)19/h5-6,8,10,15,17,20H,4,7,9,11-13H2,1-3H3. The van der Waals surface area contributed by atoms with Gasteiger partial charge in [0.05, 0.1) is 0 Å². The van der Waals surface area contributed by atoms with Gasteiger partial charge in [0.1, 0.15) is 5.82 Å². The number of halogens is 1. The van der Waals surface area contributed by atoms with E-state index in [0.29, 0.717) is 17.4 Å². The van der Waals surface area contributed by atoms with Gasteiger partial charge in [-0.1, -0.05) is 45.4 Å². The van der Waals surface area contributed by atoms with Gasteiger partial charge >= 0.3 is 0 Å². The van der Waals surface area contributed by atoms with Crippen molar-refractivity contribution in [3.63, 3.8) is 0 Å². The predicted molar refractivity (Wildman–Crippen MR) is 83.3 cm³/mol. The molecule has 1 aromatic carbocycles. The molecule has 1 N–H and O–H groups in total. The van der Waals surface area contributed by atoms with Crippen LogP contribution in [0.25, 0.3) is 0 Å². The molecule has 2 rings (SSSR count). The highest BCUT2D eigenvalue weighted by Gasteiger charge is 2.39. The van der Waals surface area contributed by atoms with Gasteiger partial charge in [-0.05, 0) is 55.2 Å². The van der Waals surface area contributed by atoms with Gasteiger partial charge in [-0.3, -0.25) is 0 Å². The molecule has 2 unspecified atom stereocenters. The minimum atomic E-state index is -0.0633. The van der Waals surface area contributed by atoms with Gasteiger partial charge in [-0.25, -0.2) is 4.39 Å². The molecule has 2 atom stereocenters. The minimum Gasteiger partial charge on any atom is -0.313 e. The van der Waals surface area contributed by atoms with Gasteiger partial charge in [0.25, 0.3) is 0 Å². The number of benzene rings is 1. The first-order valence-corrected chi connectivity index (χ1v) is 8.01. The van der Waals surface area contributed by atoms with Crippen LogP contribution in [0.3, 0.4) is 0 Å². The summed E-state index contributed by atoms with van der Waals surface area (Å²) in [6.45, 7) is 7.94. The van der Waals surface area contributed by atoms with E-state index in [0.717, 1.165) is 24.9 Å². The second kappa shape index (κ2) is 6.71. The van der Waals surface area contributed by atoms with Crippen LogP contribution in [0.2, 0.25) is 0 Å². The molecule has 0 radical (unpaired) electrons. The molecule has 0 aliphatic heterocycles. The first-order valence-electron chi connectivity index (χ1n) is 8.01. The van der Waals surface area contributed by atoms with Gasteiger partial charge in [0.15, 0.2) is 0 Å². The second-order valence-electron chi connectivity index (χ2n) is 6.84. The van der Waals surface area contributed by atoms with E-state index in [1.165, 1.54) is 19.3 Å². The molecule has 20 heavy (non-hydrogen) atoms. The van der Waals surface area contributed by atoms with Crippen LogP contribution in [-0.2, 0) is 6.42 Å². The molecule has 0 bridgehead atoms. The predicted octanol–water partition coefficient (Wildman–Crippen LogP) is 4.56. The Kier molecular flexibility index (Phi) is 5.20. The lowest BCUT2D eigenvalue weighted by atomic mass is 9.76. The lowest BCUT2D eigenvalue weighted by Crippen LogP contribution is -2.42. The topological polar surface area (TPSA) is 12.0 Å². The van der Waals surface area contributed by atoms with Crippen molar-refractivity contribution in [3.8, 4) is 0 Å². The molecule has 1 fully saturated rings. The molecule has 0 spiro atoms. The van der Waals surface area contributed by atoms with Gasteiger partial charge < -0.3 is 5.32 Å². The molecule has 1 aromatic rings. The lowest BCUT2D eigenvalue weighted by molar-refractivity contribution is 0.195. The average molecular weight is 277 g/mol. The van der Waals surface area contributed by atoms with Crippen molar-refractivity contribution >= 4 is 0 Å². The van der Waals surface area contributed by atoms with Crippen LogP contribution in [0.5, 0.6) is 0 Å². The van der Waals surface area contributed by atoms with E-state index in [1.54, 1.807) is 12.1 Å². The van der Waals surface area contributed by atoms with Crippen molar-refractivity contribution in [1.82, 2.24) is 5.32 Å². The molecule has 0 heterocycles. The Bertz CT molecular complexity index is 427. The zero-order chi connectivity index (χ0) is 14.6. The highest BCUT2D eigenvalue weighted by atomic mass is 19.1. The van der Waals surface area contributed by atoms with Crippen LogP contribution in [0.4, 0.5) is 4.39 Å². The summed E-state index contributed by atoms with van der Waals surface area (Å²) in [5, 5.41) is 3.68. The number of hydrogen-bond donors (Lipinski definition) is 1. The molecule has 112 valence electrons. The quantitative estimate of drug-likeness (QED) is 0.803. The first-order chi connectivity index (χ1) is 9.54. The second-order valence-corrected chi connectivity index (χ2v) is 6.84. The highest BCUT2D eigenvalue weighted by molar-refractivity contribution is 5.19. The summed E-state index contributed by atoms with van der Waals surface area (Å²) in [6.07, 6.45) is 5.79. The SMILES string of the molecule is CCCNC(Cc1ccccc1F)C1CCCC1(C)C. The summed E-state index contributed by atoms with van der Waals surface area (Å²) in [5.74, 6) is 0.584. The Morgan fingerprint density at radius 1 is 1.35 bits per heavy atom. The summed E-state index contributed by atoms with van der Waals surface area (Å²) < 4.78 is 13.9. The van der Waals surface area contributed by atoms with Crippen LogP contribution >= 0.6 is 0 Å². The molecule has 1 nitrogen and oxygen atoms in total. The minimum absolute atomic E-state index is 0.0633. The van der Waals surface area contributed by atoms with Gasteiger partial charge in [-0.2, -0.15) is 0 Å². The number of rotatable bonds is 6. The Balaban J connectivity index is 2.13. The molecule has 0 saturated heterocycles. The van der Waals surface area contributed by atoms with Crippen LogP contribution in [0.1, 0.15) is 52.0 Å². The van der Waals surface area contributed by atoms with Crippen LogP contribution < -0.4 is 5.32 Å². The lowest BCUT2D eigenvalue weighted by Gasteiger charge is -2.35. The van der Waals surface area contributed by atoms with Crippen LogP contribution in [0, 0.1) is 17.2 Å². The summed E-state index contributed by atoms with van der Waals surface area (Å²) in [7, 11) is 0. The fraction of sp³-hybridized carbons (Fsp3) is 0.667. The third-order valence-corrected chi connectivity index (χ3v) is 4.88. The summed E-state index contributed by atoms with van der Waals surface area (Å²) in [5.41, 5.74) is 1.22. The maximum atomic E-state index is 13.9. The average Bonchev–Trinajstić information content (AvgIpc) is 2.76. The first kappa shape index (κ1) is 15.5. The van der Waals surface area contributed by atoms with Crippen LogP contribution in [0.15, 0.2) is 24.3 Å². The summed E-state index contributed by atoms with van der Waals surface area (Å²) in [6, 6.07) is 7.61. The van der Waals surface area contributed by atoms with Crippen molar-refractivity contribution in [2.75, 3.05) is 6.54 Å². The van der Waals surface area contributed by atoms with Crippen molar-refractivity contribution in [1.29, 1.82) is 0 Å². The molecule has 1 aliphatic rings. The molecule has 0 amide bonds. The molecule has 2 heteroatoms. The van der Waals surface area contributed by atoms with Gasteiger partial charge in [0.2, 0.25) is 0 Å². The van der Waals surface area contributed by atoms with Gasteiger partial charge in [-0.15, -0.1) is 0 Å². The van der Waals surface area contributed by atoms with Crippen LogP contribution in [-0.4, -0.2) is 12.6 Å². The highest BCUT2D eigenvalue weighted by Crippen LogP contribution is 2.45. The monoisotopic (exact) mass is 277 g/mol. The molecule has 1 saturated carbocycles. The van der Waals surface area contributed by atoms with Crippen molar-refractivity contribution < 1.29 is 4.39 Å². The normalized spacial score (nSPS) is 22.9. The smallest absolute Gasteiger partial charge is 0.126 e. The maximum absolute atomic E-state index is 13.9. The Hall–Kier alpha value is -0.890. The Morgan fingerprint density at radius 2 is 2.10 bits per heavy atom. The van der Waals surface area contributed by atoms with Crippen molar-refractivity contribution in [2.24, 2.45) is 11.3 Å². The Morgan fingerprint density at radius 3 is 2.70 bits per heavy atom. The molecular formula is C18H28FN. The van der Waals surface area contributed by atoms with E-state index < -0.39 is 0 Å². The number of hydrogen-bond acceptors (Lipinski definition) is 1. The Labute approximate surface area is 123 Å². The summed E-state index contributed by atoms with van der Waals surface area (Å²) >= 11 is 0. The fourth-order valence-corrected chi connectivity index (χ4v) is 3.69. The van der Waals surface area contributed by atoms with E-state index >= 15 is 0 Å². The molecule has 0 aromatic heterocycles. The van der Waals surface area contributed by atoms with Gasteiger partial charge in [0, 0.05) is 6.04 Å². The maximum Gasteiger partial charge on any atom is 0.126 e. The zero-order valence-corrected chi connectivity index (χ0v) is 13.1. The van der Waals surface area contributed by atoms with E-state index in [-0.39, 0.29) is 5.82 Å². The van der Waals surface area contributed by atoms with E-state index in [1.807, 2.05) is 12.1 Å². The van der Waals surface area contributed by atoms with E-state index in [9.17, 15) is 4.39 Å². The molecule has 1 aliphatic carbocycles. The third kappa shape index (κ3) is 3.60. The largest absolute Gasteiger partial charge is 0.313 e. The fourth-order valence-electron chi connectivity index (χ4n) is 3.69.